The molecule has 0 aliphatic heterocycles. The Morgan fingerprint density at radius 3 is 2.67 bits per heavy atom. The molecule has 110 valence electrons. The molecule has 2 aromatic rings. The average molecular weight is 328 g/mol. The van der Waals surface area contributed by atoms with Crippen LogP contribution in [0.5, 0.6) is 0 Å². The van der Waals surface area contributed by atoms with Crippen LogP contribution in [-0.4, -0.2) is 13.1 Å². The summed E-state index contributed by atoms with van der Waals surface area (Å²) in [5.74, 6) is -0.914. The number of anilines is 1. The second-order valence-electron chi connectivity index (χ2n) is 4.32. The van der Waals surface area contributed by atoms with Crippen molar-refractivity contribution in [3.63, 3.8) is 0 Å². The maximum Gasteiger partial charge on any atom is 0.339 e. The van der Waals surface area contributed by atoms with E-state index >= 15 is 0 Å². The van der Waals surface area contributed by atoms with Gasteiger partial charge < -0.3 is 10.1 Å². The maximum absolute atomic E-state index is 13.2. The molecule has 0 heterocycles. The molecule has 0 saturated carbocycles. The van der Waals surface area contributed by atoms with Crippen molar-refractivity contribution in [1.29, 1.82) is 0 Å². The monoisotopic (exact) mass is 327 g/mol. The highest BCUT2D eigenvalue weighted by atomic mass is 35.5. The summed E-state index contributed by atoms with van der Waals surface area (Å²) in [4.78, 5) is 11.5. The summed E-state index contributed by atoms with van der Waals surface area (Å²) in [6.45, 7) is 0.361. The molecule has 0 amide bonds. The number of ether oxygens (including phenoxy) is 1. The third-order valence-corrected chi connectivity index (χ3v) is 3.34. The Kier molecular flexibility index (Phi) is 5.04. The number of carbonyl (C=O) groups excluding carboxylic acids is 1. The smallest absolute Gasteiger partial charge is 0.339 e. The Labute approximate surface area is 131 Å². The molecular formula is C15H12Cl2FNO2. The largest absolute Gasteiger partial charge is 0.465 e. The van der Waals surface area contributed by atoms with E-state index in [1.165, 1.54) is 19.2 Å². The van der Waals surface area contributed by atoms with E-state index in [-0.39, 0.29) is 5.56 Å². The molecule has 0 aliphatic carbocycles. The summed E-state index contributed by atoms with van der Waals surface area (Å²) in [5, 5.41) is 3.71. The Bertz CT molecular complexity index is 656. The lowest BCUT2D eigenvalue weighted by atomic mass is 10.1. The van der Waals surface area contributed by atoms with Crippen LogP contribution in [0.4, 0.5) is 10.1 Å². The molecule has 0 atom stereocenters. The number of benzene rings is 2. The van der Waals surface area contributed by atoms with E-state index in [9.17, 15) is 9.18 Å². The first kappa shape index (κ1) is 15.6. The van der Waals surface area contributed by atoms with Crippen LogP contribution in [0, 0.1) is 5.82 Å². The first-order valence-corrected chi connectivity index (χ1v) is 6.82. The Hall–Kier alpha value is -1.78. The minimum Gasteiger partial charge on any atom is -0.465 e. The lowest BCUT2D eigenvalue weighted by Gasteiger charge is -2.09. The van der Waals surface area contributed by atoms with Crippen molar-refractivity contribution in [3.8, 4) is 0 Å². The van der Waals surface area contributed by atoms with Crippen molar-refractivity contribution in [2.45, 2.75) is 6.54 Å². The summed E-state index contributed by atoms with van der Waals surface area (Å²) < 4.78 is 17.9. The van der Waals surface area contributed by atoms with Gasteiger partial charge >= 0.3 is 5.97 Å². The predicted octanol–water partition coefficient (Wildman–Crippen LogP) is 4.53. The molecule has 0 bridgehead atoms. The molecule has 6 heteroatoms. The summed E-state index contributed by atoms with van der Waals surface area (Å²) in [7, 11) is 1.29. The number of hydrogen-bond donors (Lipinski definition) is 1. The van der Waals surface area contributed by atoms with Crippen molar-refractivity contribution >= 4 is 34.9 Å². The highest BCUT2D eigenvalue weighted by Crippen LogP contribution is 2.22. The quantitative estimate of drug-likeness (QED) is 0.838. The zero-order valence-electron chi connectivity index (χ0n) is 11.1. The van der Waals surface area contributed by atoms with Crippen LogP contribution in [0.2, 0.25) is 10.0 Å². The maximum atomic E-state index is 13.2. The van der Waals surface area contributed by atoms with Crippen LogP contribution >= 0.6 is 23.2 Å². The van der Waals surface area contributed by atoms with Crippen molar-refractivity contribution in [2.75, 3.05) is 12.4 Å². The minimum absolute atomic E-state index is 0.265. The normalized spacial score (nSPS) is 10.3. The number of carbonyl (C=O) groups is 1. The summed E-state index contributed by atoms with van der Waals surface area (Å²) >= 11 is 11.7. The third kappa shape index (κ3) is 4.09. The van der Waals surface area contributed by atoms with Gasteiger partial charge in [0.15, 0.2) is 0 Å². The molecule has 0 aliphatic rings. The van der Waals surface area contributed by atoms with Gasteiger partial charge in [-0.1, -0.05) is 23.2 Å². The molecule has 0 radical (unpaired) electrons. The average Bonchev–Trinajstić information content (AvgIpc) is 2.44. The Morgan fingerprint density at radius 1 is 1.24 bits per heavy atom. The minimum atomic E-state index is -0.516. The number of methoxy groups -OCH3 is 1. The van der Waals surface area contributed by atoms with Gasteiger partial charge in [-0.05, 0) is 42.0 Å². The van der Waals surface area contributed by atoms with Gasteiger partial charge in [0.25, 0.3) is 0 Å². The lowest BCUT2D eigenvalue weighted by molar-refractivity contribution is 0.0601. The van der Waals surface area contributed by atoms with E-state index in [1.807, 2.05) is 0 Å². The Balaban J connectivity index is 2.15. The first-order valence-electron chi connectivity index (χ1n) is 6.06. The van der Waals surface area contributed by atoms with Crippen molar-refractivity contribution in [1.82, 2.24) is 0 Å². The van der Waals surface area contributed by atoms with Crippen LogP contribution in [-0.2, 0) is 11.3 Å². The second-order valence-corrected chi connectivity index (χ2v) is 5.16. The molecule has 0 fully saturated rings. The first-order chi connectivity index (χ1) is 9.99. The van der Waals surface area contributed by atoms with Crippen LogP contribution in [0.15, 0.2) is 36.4 Å². The molecule has 0 aromatic heterocycles. The number of esters is 1. The molecule has 0 saturated heterocycles. The molecule has 0 unspecified atom stereocenters. The van der Waals surface area contributed by atoms with Gasteiger partial charge in [0.2, 0.25) is 0 Å². The van der Waals surface area contributed by atoms with Gasteiger partial charge in [0, 0.05) is 17.3 Å². The highest BCUT2D eigenvalue weighted by Gasteiger charge is 2.11. The summed E-state index contributed by atoms with van der Waals surface area (Å²) in [6.07, 6.45) is 0. The third-order valence-electron chi connectivity index (χ3n) is 2.79. The van der Waals surface area contributed by atoms with Crippen LogP contribution in [0.25, 0.3) is 0 Å². The zero-order chi connectivity index (χ0) is 15.4. The van der Waals surface area contributed by atoms with E-state index < -0.39 is 11.8 Å². The number of rotatable bonds is 4. The summed E-state index contributed by atoms with van der Waals surface area (Å²) in [5.41, 5.74) is 1.62. The fourth-order valence-electron chi connectivity index (χ4n) is 1.82. The van der Waals surface area contributed by atoms with Gasteiger partial charge in [-0.25, -0.2) is 9.18 Å². The van der Waals surface area contributed by atoms with Gasteiger partial charge in [-0.2, -0.15) is 0 Å². The molecule has 3 nitrogen and oxygen atoms in total. The fourth-order valence-corrected chi connectivity index (χ4v) is 2.26. The van der Waals surface area contributed by atoms with Gasteiger partial charge in [0.1, 0.15) is 5.82 Å². The number of nitrogens with one attached hydrogen (secondary N) is 1. The fraction of sp³-hybridized carbons (Fsp3) is 0.133. The zero-order valence-corrected chi connectivity index (χ0v) is 12.6. The topological polar surface area (TPSA) is 38.3 Å². The van der Waals surface area contributed by atoms with E-state index in [1.54, 1.807) is 24.3 Å². The van der Waals surface area contributed by atoms with Crippen molar-refractivity contribution in [3.05, 3.63) is 63.4 Å². The van der Waals surface area contributed by atoms with Gasteiger partial charge in [-0.15, -0.1) is 0 Å². The number of halogens is 3. The van der Waals surface area contributed by atoms with E-state index in [0.29, 0.717) is 27.8 Å². The van der Waals surface area contributed by atoms with Crippen LogP contribution in [0.3, 0.4) is 0 Å². The van der Waals surface area contributed by atoms with E-state index in [4.69, 9.17) is 23.2 Å². The van der Waals surface area contributed by atoms with Gasteiger partial charge in [-0.3, -0.25) is 0 Å². The SMILES string of the molecule is COC(=O)c1cc(NCc2cc(F)cc(Cl)c2)ccc1Cl. The van der Waals surface area contributed by atoms with Crippen molar-refractivity contribution in [2.24, 2.45) is 0 Å². The molecule has 0 spiro atoms. The van der Waals surface area contributed by atoms with Crippen LogP contribution < -0.4 is 5.32 Å². The molecule has 21 heavy (non-hydrogen) atoms. The molecular weight excluding hydrogens is 316 g/mol. The Morgan fingerprint density at radius 2 is 2.00 bits per heavy atom. The standard InChI is InChI=1S/C15H12Cl2FNO2/c1-21-15(20)13-7-12(2-3-14(13)17)19-8-9-4-10(16)6-11(18)5-9/h2-7,19H,8H2,1H3. The summed E-state index contributed by atoms with van der Waals surface area (Å²) in [6, 6.07) is 9.17. The van der Waals surface area contributed by atoms with Gasteiger partial charge in [0.05, 0.1) is 17.7 Å². The van der Waals surface area contributed by atoms with E-state index in [0.717, 1.165) is 0 Å². The van der Waals surface area contributed by atoms with E-state index in [2.05, 4.69) is 10.1 Å². The lowest BCUT2D eigenvalue weighted by Crippen LogP contribution is -2.05. The molecule has 2 aromatic carbocycles. The molecule has 1 N–H and O–H groups in total. The predicted molar refractivity (Wildman–Crippen MR) is 81.5 cm³/mol. The second kappa shape index (κ2) is 6.78. The highest BCUT2D eigenvalue weighted by molar-refractivity contribution is 6.33. The van der Waals surface area contributed by atoms with Crippen molar-refractivity contribution < 1.29 is 13.9 Å². The molecule has 2 rings (SSSR count). The van der Waals surface area contributed by atoms with Crippen LogP contribution in [0.1, 0.15) is 15.9 Å². The number of hydrogen-bond acceptors (Lipinski definition) is 3.